The summed E-state index contributed by atoms with van der Waals surface area (Å²) < 4.78 is 0. The van der Waals surface area contributed by atoms with E-state index in [-0.39, 0.29) is 11.8 Å². The molecule has 0 spiro atoms. The Morgan fingerprint density at radius 1 is 1.41 bits per heavy atom. The first kappa shape index (κ1) is 14.4. The number of nitrogens with one attached hydrogen (secondary N) is 1. The third-order valence-corrected chi connectivity index (χ3v) is 4.11. The molecule has 3 unspecified atom stereocenters. The molecule has 0 bridgehead atoms. The van der Waals surface area contributed by atoms with Crippen molar-refractivity contribution < 1.29 is 4.79 Å². The van der Waals surface area contributed by atoms with Crippen LogP contribution in [-0.2, 0) is 4.79 Å². The number of amides is 1. The molecule has 1 rings (SSSR count). The summed E-state index contributed by atoms with van der Waals surface area (Å²) in [6, 6.07) is 0.324. The molecule has 98 valence electrons. The molecule has 0 saturated heterocycles. The molecule has 0 radical (unpaired) electrons. The van der Waals surface area contributed by atoms with E-state index in [9.17, 15) is 4.79 Å². The van der Waals surface area contributed by atoms with Crippen molar-refractivity contribution in [3.63, 3.8) is 0 Å². The van der Waals surface area contributed by atoms with Crippen molar-refractivity contribution in [3.05, 3.63) is 0 Å². The smallest absolute Gasteiger partial charge is 0.230 e. The number of thiocarbonyl (C=S) groups is 1. The van der Waals surface area contributed by atoms with Gasteiger partial charge in [-0.05, 0) is 25.2 Å². The third kappa shape index (κ3) is 3.95. The van der Waals surface area contributed by atoms with E-state index < -0.39 is 0 Å². The average Bonchev–Trinajstić information content (AvgIpc) is 2.30. The summed E-state index contributed by atoms with van der Waals surface area (Å²) in [5.74, 6) is 0.339. The van der Waals surface area contributed by atoms with Gasteiger partial charge in [0.05, 0.1) is 10.9 Å². The van der Waals surface area contributed by atoms with Crippen LogP contribution in [0.4, 0.5) is 0 Å². The highest BCUT2D eigenvalue weighted by molar-refractivity contribution is 7.80. The first-order valence-electron chi connectivity index (χ1n) is 6.69. The van der Waals surface area contributed by atoms with Crippen LogP contribution in [0.15, 0.2) is 0 Å². The van der Waals surface area contributed by atoms with Gasteiger partial charge in [-0.1, -0.05) is 45.3 Å². The molecule has 1 fully saturated rings. The molecule has 0 aromatic heterocycles. The first-order valence-corrected chi connectivity index (χ1v) is 7.10. The van der Waals surface area contributed by atoms with Crippen LogP contribution in [0.2, 0.25) is 0 Å². The van der Waals surface area contributed by atoms with Crippen molar-refractivity contribution in [2.45, 2.75) is 58.4 Å². The Labute approximate surface area is 110 Å². The fraction of sp³-hybridized carbons (Fsp3) is 0.846. The molecule has 1 amide bonds. The number of hydrogen-bond donors (Lipinski definition) is 2. The number of nitrogens with two attached hydrogens (primary N) is 1. The summed E-state index contributed by atoms with van der Waals surface area (Å²) in [6.45, 7) is 4.14. The summed E-state index contributed by atoms with van der Waals surface area (Å²) in [6.07, 6.45) is 6.64. The van der Waals surface area contributed by atoms with Crippen LogP contribution < -0.4 is 11.1 Å². The van der Waals surface area contributed by atoms with E-state index in [2.05, 4.69) is 12.2 Å². The number of carbonyl (C=O) groups excluding carboxylic acids is 1. The number of carbonyl (C=O) groups is 1. The van der Waals surface area contributed by atoms with Crippen molar-refractivity contribution in [2.75, 3.05) is 0 Å². The Morgan fingerprint density at radius 2 is 2.06 bits per heavy atom. The lowest BCUT2D eigenvalue weighted by Crippen LogP contribution is -2.46. The van der Waals surface area contributed by atoms with Gasteiger partial charge in [0.15, 0.2) is 0 Å². The zero-order chi connectivity index (χ0) is 12.8. The topological polar surface area (TPSA) is 55.1 Å². The Bertz CT molecular complexity index is 281. The summed E-state index contributed by atoms with van der Waals surface area (Å²) in [7, 11) is 0. The van der Waals surface area contributed by atoms with Crippen molar-refractivity contribution >= 4 is 23.1 Å². The van der Waals surface area contributed by atoms with Crippen LogP contribution in [0.3, 0.4) is 0 Å². The van der Waals surface area contributed by atoms with Gasteiger partial charge in [-0.25, -0.2) is 0 Å². The molecule has 0 heterocycles. The van der Waals surface area contributed by atoms with Gasteiger partial charge in [-0.15, -0.1) is 0 Å². The summed E-state index contributed by atoms with van der Waals surface area (Å²) in [4.78, 5) is 12.4. The molecule has 0 aliphatic heterocycles. The van der Waals surface area contributed by atoms with Gasteiger partial charge < -0.3 is 11.1 Å². The minimum atomic E-state index is -0.301. The van der Waals surface area contributed by atoms with E-state index in [0.717, 1.165) is 12.8 Å². The van der Waals surface area contributed by atoms with Crippen LogP contribution >= 0.6 is 12.2 Å². The highest BCUT2D eigenvalue weighted by Crippen LogP contribution is 2.27. The molecule has 0 aromatic carbocycles. The van der Waals surface area contributed by atoms with Crippen LogP contribution in [0, 0.1) is 11.8 Å². The van der Waals surface area contributed by atoms with Crippen molar-refractivity contribution in [1.29, 1.82) is 0 Å². The number of hydrogen-bond acceptors (Lipinski definition) is 2. The van der Waals surface area contributed by atoms with Gasteiger partial charge in [-0.3, -0.25) is 4.79 Å². The molecular formula is C13H24N2OS. The van der Waals surface area contributed by atoms with E-state index in [1.165, 1.54) is 19.3 Å². The highest BCUT2D eigenvalue weighted by Gasteiger charge is 2.28. The fourth-order valence-corrected chi connectivity index (χ4v) is 2.96. The summed E-state index contributed by atoms with van der Waals surface area (Å²) in [5, 5.41) is 3.15. The van der Waals surface area contributed by atoms with Gasteiger partial charge in [0.25, 0.3) is 0 Å². The van der Waals surface area contributed by atoms with E-state index in [1.54, 1.807) is 0 Å². The number of rotatable bonds is 5. The summed E-state index contributed by atoms with van der Waals surface area (Å²) in [5.41, 5.74) is 5.59. The monoisotopic (exact) mass is 256 g/mol. The van der Waals surface area contributed by atoms with E-state index >= 15 is 0 Å². The molecule has 1 saturated carbocycles. The maximum absolute atomic E-state index is 12.1. The van der Waals surface area contributed by atoms with E-state index in [4.69, 9.17) is 18.0 Å². The lowest BCUT2D eigenvalue weighted by Gasteiger charge is -2.32. The molecule has 17 heavy (non-hydrogen) atoms. The standard InChI is InChI=1S/C13H24N2OS/c1-3-9-7-5-6-8-11(9)15-13(16)10(4-2)12(14)17/h9-11H,3-8H2,1-2H3,(H2,14,17)(H,15,16). The largest absolute Gasteiger partial charge is 0.393 e. The van der Waals surface area contributed by atoms with E-state index in [1.807, 2.05) is 6.92 Å². The zero-order valence-electron chi connectivity index (χ0n) is 10.9. The highest BCUT2D eigenvalue weighted by atomic mass is 32.1. The molecule has 4 heteroatoms. The Kier molecular flexibility index (Phi) is 5.89. The van der Waals surface area contributed by atoms with Crippen molar-refractivity contribution in [2.24, 2.45) is 17.6 Å². The quantitative estimate of drug-likeness (QED) is 0.743. The molecule has 0 aromatic rings. The van der Waals surface area contributed by atoms with Crippen LogP contribution in [0.1, 0.15) is 52.4 Å². The molecule has 1 aliphatic rings. The van der Waals surface area contributed by atoms with Crippen LogP contribution in [0.5, 0.6) is 0 Å². The van der Waals surface area contributed by atoms with Crippen LogP contribution in [0.25, 0.3) is 0 Å². The molecular weight excluding hydrogens is 232 g/mol. The lowest BCUT2D eigenvalue weighted by atomic mass is 9.82. The maximum Gasteiger partial charge on any atom is 0.230 e. The summed E-state index contributed by atoms with van der Waals surface area (Å²) >= 11 is 4.93. The van der Waals surface area contributed by atoms with Crippen molar-refractivity contribution in [1.82, 2.24) is 5.32 Å². The van der Waals surface area contributed by atoms with Gasteiger partial charge in [0, 0.05) is 6.04 Å². The van der Waals surface area contributed by atoms with Gasteiger partial charge in [-0.2, -0.15) is 0 Å². The average molecular weight is 256 g/mol. The minimum absolute atomic E-state index is 0.0188. The Morgan fingerprint density at radius 3 is 2.59 bits per heavy atom. The van der Waals surface area contributed by atoms with Gasteiger partial charge >= 0.3 is 0 Å². The maximum atomic E-state index is 12.1. The van der Waals surface area contributed by atoms with Crippen LogP contribution in [-0.4, -0.2) is 16.9 Å². The Hall–Kier alpha value is -0.640. The first-order chi connectivity index (χ1) is 8.10. The minimum Gasteiger partial charge on any atom is -0.393 e. The fourth-order valence-electron chi connectivity index (χ4n) is 2.69. The van der Waals surface area contributed by atoms with Gasteiger partial charge in [0.1, 0.15) is 0 Å². The molecule has 3 nitrogen and oxygen atoms in total. The molecule has 1 aliphatic carbocycles. The third-order valence-electron chi connectivity index (χ3n) is 3.83. The SMILES string of the molecule is CCC(C(=O)NC1CCCCC1CC)C(N)=S. The van der Waals surface area contributed by atoms with E-state index in [0.29, 0.717) is 23.4 Å². The molecule has 3 N–H and O–H groups in total. The Balaban J connectivity index is 2.56. The molecule has 3 atom stereocenters. The van der Waals surface area contributed by atoms with Crippen molar-refractivity contribution in [3.8, 4) is 0 Å². The predicted octanol–water partition coefficient (Wildman–Crippen LogP) is 2.38. The van der Waals surface area contributed by atoms with Gasteiger partial charge in [0.2, 0.25) is 5.91 Å². The predicted molar refractivity (Wildman–Crippen MR) is 74.7 cm³/mol. The normalized spacial score (nSPS) is 26.2. The second-order valence-corrected chi connectivity index (χ2v) is 5.40. The zero-order valence-corrected chi connectivity index (χ0v) is 11.7. The lowest BCUT2D eigenvalue weighted by molar-refractivity contribution is -0.124. The second kappa shape index (κ2) is 6.94. The second-order valence-electron chi connectivity index (χ2n) is 4.93.